The van der Waals surface area contributed by atoms with Crippen LogP contribution in [-0.2, 0) is 19.7 Å². The lowest BCUT2D eigenvalue weighted by molar-refractivity contribution is -0.147. The predicted molar refractivity (Wildman–Crippen MR) is 109 cm³/mol. The van der Waals surface area contributed by atoms with Crippen molar-refractivity contribution in [2.75, 3.05) is 19.6 Å². The lowest BCUT2D eigenvalue weighted by atomic mass is 9.72. The summed E-state index contributed by atoms with van der Waals surface area (Å²) in [6.07, 6.45) is 1.88. The average Bonchev–Trinajstić information content (AvgIpc) is 2.72. The Bertz CT molecular complexity index is 784. The SMILES string of the molecule is CC(=O)OC(CCN1CCC(C(N)=O)(c2ccccc2)CC1)c1ccccc1. The second-order valence-corrected chi connectivity index (χ2v) is 7.45. The Labute approximate surface area is 166 Å². The molecule has 1 aliphatic heterocycles. The van der Waals surface area contributed by atoms with Gasteiger partial charge in [0.25, 0.3) is 0 Å². The highest BCUT2D eigenvalue weighted by Crippen LogP contribution is 2.35. The lowest BCUT2D eigenvalue weighted by Gasteiger charge is -2.40. The van der Waals surface area contributed by atoms with E-state index >= 15 is 0 Å². The number of hydrogen-bond donors (Lipinski definition) is 1. The third kappa shape index (κ3) is 4.60. The fourth-order valence-electron chi connectivity index (χ4n) is 4.05. The van der Waals surface area contributed by atoms with Crippen LogP contribution in [0.15, 0.2) is 60.7 Å². The zero-order valence-corrected chi connectivity index (χ0v) is 16.3. The van der Waals surface area contributed by atoms with E-state index in [9.17, 15) is 9.59 Å². The molecule has 0 saturated carbocycles. The molecule has 0 spiro atoms. The molecule has 0 aliphatic carbocycles. The summed E-state index contributed by atoms with van der Waals surface area (Å²) in [4.78, 5) is 26.1. The Morgan fingerprint density at radius 1 is 1.04 bits per heavy atom. The van der Waals surface area contributed by atoms with Crippen LogP contribution in [0.3, 0.4) is 0 Å². The van der Waals surface area contributed by atoms with Crippen molar-refractivity contribution in [3.05, 3.63) is 71.8 Å². The van der Waals surface area contributed by atoms with Crippen molar-refractivity contribution in [3.63, 3.8) is 0 Å². The van der Waals surface area contributed by atoms with Gasteiger partial charge in [-0.1, -0.05) is 60.7 Å². The van der Waals surface area contributed by atoms with Crippen molar-refractivity contribution in [1.82, 2.24) is 4.90 Å². The molecule has 28 heavy (non-hydrogen) atoms. The molecule has 2 N–H and O–H groups in total. The van der Waals surface area contributed by atoms with Crippen LogP contribution >= 0.6 is 0 Å². The van der Waals surface area contributed by atoms with Crippen LogP contribution in [-0.4, -0.2) is 36.4 Å². The molecule has 0 radical (unpaired) electrons. The Morgan fingerprint density at radius 2 is 1.61 bits per heavy atom. The Hall–Kier alpha value is -2.66. The second-order valence-electron chi connectivity index (χ2n) is 7.45. The van der Waals surface area contributed by atoms with E-state index in [4.69, 9.17) is 10.5 Å². The van der Waals surface area contributed by atoms with E-state index in [1.807, 2.05) is 60.7 Å². The van der Waals surface area contributed by atoms with E-state index < -0.39 is 5.41 Å². The molecule has 2 aromatic rings. The maximum Gasteiger partial charge on any atom is 0.303 e. The summed E-state index contributed by atoms with van der Waals surface area (Å²) in [5.41, 5.74) is 7.24. The quantitative estimate of drug-likeness (QED) is 0.749. The first kappa shape index (κ1) is 20.1. The zero-order chi connectivity index (χ0) is 20.0. The standard InChI is InChI=1S/C23H28N2O3/c1-18(26)28-21(19-8-4-2-5-9-19)12-15-25-16-13-23(14-17-25,22(24)27)20-10-6-3-7-11-20/h2-11,21H,12-17H2,1H3,(H2,24,27). The molecule has 1 atom stereocenters. The summed E-state index contributed by atoms with van der Waals surface area (Å²) in [6, 6.07) is 19.7. The van der Waals surface area contributed by atoms with E-state index in [1.54, 1.807) is 0 Å². The van der Waals surface area contributed by atoms with E-state index in [1.165, 1.54) is 6.92 Å². The van der Waals surface area contributed by atoms with Crippen molar-refractivity contribution in [3.8, 4) is 0 Å². The summed E-state index contributed by atoms with van der Waals surface area (Å²) >= 11 is 0. The summed E-state index contributed by atoms with van der Waals surface area (Å²) in [6.45, 7) is 3.83. The minimum absolute atomic E-state index is 0.250. The molecule has 0 aromatic heterocycles. The predicted octanol–water partition coefficient (Wildman–Crippen LogP) is 3.20. The van der Waals surface area contributed by atoms with Crippen molar-refractivity contribution in [1.29, 1.82) is 0 Å². The molecule has 148 valence electrons. The van der Waals surface area contributed by atoms with Gasteiger partial charge >= 0.3 is 5.97 Å². The maximum absolute atomic E-state index is 12.3. The molecule has 1 heterocycles. The van der Waals surface area contributed by atoms with Crippen LogP contribution in [0.25, 0.3) is 0 Å². The first-order chi connectivity index (χ1) is 13.5. The molecular weight excluding hydrogens is 352 g/mol. The second kappa shape index (κ2) is 9.02. The molecule has 1 aliphatic rings. The highest BCUT2D eigenvalue weighted by molar-refractivity contribution is 5.86. The van der Waals surface area contributed by atoms with Crippen molar-refractivity contribution < 1.29 is 14.3 Å². The molecule has 1 amide bonds. The van der Waals surface area contributed by atoms with Gasteiger partial charge in [0, 0.05) is 19.9 Å². The van der Waals surface area contributed by atoms with Gasteiger partial charge in [-0.25, -0.2) is 0 Å². The Morgan fingerprint density at radius 3 is 2.14 bits per heavy atom. The summed E-state index contributed by atoms with van der Waals surface area (Å²) < 4.78 is 5.54. The zero-order valence-electron chi connectivity index (χ0n) is 16.3. The van der Waals surface area contributed by atoms with E-state index in [-0.39, 0.29) is 18.0 Å². The molecule has 0 bridgehead atoms. The number of amides is 1. The number of carbonyl (C=O) groups excluding carboxylic acids is 2. The number of nitrogens with two attached hydrogens (primary N) is 1. The van der Waals surface area contributed by atoms with Gasteiger partial charge in [0.2, 0.25) is 5.91 Å². The number of primary amides is 1. The molecule has 5 heteroatoms. The van der Waals surface area contributed by atoms with E-state index in [0.29, 0.717) is 12.8 Å². The number of hydrogen-bond acceptors (Lipinski definition) is 4. The van der Waals surface area contributed by atoms with Gasteiger partial charge in [-0.15, -0.1) is 0 Å². The number of piperidine rings is 1. The fraction of sp³-hybridized carbons (Fsp3) is 0.391. The number of likely N-dealkylation sites (tertiary alicyclic amines) is 1. The van der Waals surface area contributed by atoms with Crippen molar-refractivity contribution >= 4 is 11.9 Å². The Balaban J connectivity index is 1.63. The van der Waals surface area contributed by atoms with Crippen LogP contribution in [0, 0.1) is 0 Å². The van der Waals surface area contributed by atoms with Gasteiger partial charge in [-0.2, -0.15) is 0 Å². The number of rotatable bonds is 7. The van der Waals surface area contributed by atoms with Gasteiger partial charge < -0.3 is 15.4 Å². The molecule has 1 saturated heterocycles. The third-order valence-corrected chi connectivity index (χ3v) is 5.69. The fourth-order valence-corrected chi connectivity index (χ4v) is 4.05. The number of esters is 1. The van der Waals surface area contributed by atoms with Crippen LogP contribution in [0.5, 0.6) is 0 Å². The van der Waals surface area contributed by atoms with Crippen LogP contribution in [0.4, 0.5) is 0 Å². The van der Waals surface area contributed by atoms with Crippen LogP contribution in [0.1, 0.15) is 43.4 Å². The van der Waals surface area contributed by atoms with Crippen molar-refractivity contribution in [2.24, 2.45) is 5.73 Å². The monoisotopic (exact) mass is 380 g/mol. The first-order valence-corrected chi connectivity index (χ1v) is 9.81. The van der Waals surface area contributed by atoms with Gasteiger partial charge in [0.05, 0.1) is 5.41 Å². The molecular formula is C23H28N2O3. The maximum atomic E-state index is 12.3. The normalized spacial score (nSPS) is 17.6. The van der Waals surface area contributed by atoms with Crippen LogP contribution < -0.4 is 5.73 Å². The number of benzene rings is 2. The smallest absolute Gasteiger partial charge is 0.303 e. The number of nitrogens with zero attached hydrogens (tertiary/aromatic N) is 1. The third-order valence-electron chi connectivity index (χ3n) is 5.69. The van der Waals surface area contributed by atoms with Crippen LogP contribution in [0.2, 0.25) is 0 Å². The first-order valence-electron chi connectivity index (χ1n) is 9.81. The molecule has 3 rings (SSSR count). The summed E-state index contributed by atoms with van der Waals surface area (Å²) in [5.74, 6) is -0.523. The topological polar surface area (TPSA) is 72.6 Å². The largest absolute Gasteiger partial charge is 0.458 e. The minimum atomic E-state index is -0.591. The van der Waals surface area contributed by atoms with Gasteiger partial charge in [0.15, 0.2) is 0 Å². The minimum Gasteiger partial charge on any atom is -0.458 e. The van der Waals surface area contributed by atoms with Gasteiger partial charge in [0.1, 0.15) is 6.10 Å². The van der Waals surface area contributed by atoms with Crippen molar-refractivity contribution in [2.45, 2.75) is 37.7 Å². The van der Waals surface area contributed by atoms with Gasteiger partial charge in [-0.3, -0.25) is 9.59 Å². The number of ether oxygens (including phenoxy) is 1. The van der Waals surface area contributed by atoms with E-state index in [0.717, 1.165) is 37.2 Å². The Kier molecular flexibility index (Phi) is 6.47. The molecule has 2 aromatic carbocycles. The summed E-state index contributed by atoms with van der Waals surface area (Å²) in [5, 5.41) is 0. The molecule has 1 unspecified atom stereocenters. The molecule has 5 nitrogen and oxygen atoms in total. The average molecular weight is 380 g/mol. The highest BCUT2D eigenvalue weighted by Gasteiger charge is 2.41. The highest BCUT2D eigenvalue weighted by atomic mass is 16.5. The number of carbonyl (C=O) groups is 2. The molecule has 1 fully saturated rings. The lowest BCUT2D eigenvalue weighted by Crippen LogP contribution is -2.50. The summed E-state index contributed by atoms with van der Waals surface area (Å²) in [7, 11) is 0. The van der Waals surface area contributed by atoms with Gasteiger partial charge in [-0.05, 0) is 37.1 Å². The van der Waals surface area contributed by atoms with E-state index in [2.05, 4.69) is 4.90 Å².